The fraction of sp³-hybridized carbons (Fsp3) is 0.500. The first-order valence-corrected chi connectivity index (χ1v) is 7.40. The molecule has 1 aliphatic rings. The van der Waals surface area contributed by atoms with Gasteiger partial charge in [-0.1, -0.05) is 0 Å². The van der Waals surface area contributed by atoms with E-state index in [2.05, 4.69) is 21.0 Å². The maximum Gasteiger partial charge on any atom is 0.123 e. The molecular weight excluding hydrogens is 253 g/mol. The lowest BCUT2D eigenvalue weighted by Gasteiger charge is -2.26. The maximum absolute atomic E-state index is 13.4. The first kappa shape index (κ1) is 13.6. The van der Waals surface area contributed by atoms with E-state index in [-0.39, 0.29) is 5.82 Å². The highest BCUT2D eigenvalue weighted by Gasteiger charge is 2.11. The van der Waals surface area contributed by atoms with E-state index in [0.29, 0.717) is 0 Å². The molecule has 108 valence electrons. The molecule has 1 fully saturated rings. The lowest BCUT2D eigenvalue weighted by molar-refractivity contribution is 0.238. The number of rotatable bonds is 4. The lowest BCUT2D eigenvalue weighted by atomic mass is 10.1. The standard InChI is InChI=1S/C16H22FN3/c1-19-12-13(15-11-14(17)4-5-16(15)19)3-2-8-20-9-6-18-7-10-20/h4-5,11-12,18H,2-3,6-10H2,1H3. The molecular formula is C16H22FN3. The van der Waals surface area contributed by atoms with Crippen molar-refractivity contribution < 1.29 is 4.39 Å². The largest absolute Gasteiger partial charge is 0.350 e. The summed E-state index contributed by atoms with van der Waals surface area (Å²) in [6, 6.07) is 5.06. The minimum absolute atomic E-state index is 0.146. The van der Waals surface area contributed by atoms with Crippen molar-refractivity contribution in [2.75, 3.05) is 32.7 Å². The van der Waals surface area contributed by atoms with E-state index < -0.39 is 0 Å². The van der Waals surface area contributed by atoms with Crippen LogP contribution in [-0.4, -0.2) is 42.2 Å². The van der Waals surface area contributed by atoms with Crippen molar-refractivity contribution >= 4 is 10.9 Å². The van der Waals surface area contributed by atoms with Crippen LogP contribution in [0.25, 0.3) is 10.9 Å². The Bertz CT molecular complexity index is 585. The molecule has 0 atom stereocenters. The van der Waals surface area contributed by atoms with Crippen molar-refractivity contribution in [3.05, 3.63) is 35.8 Å². The SMILES string of the molecule is Cn1cc(CCCN2CCNCC2)c2cc(F)ccc21. The number of aromatic nitrogens is 1. The number of nitrogens with one attached hydrogen (secondary N) is 1. The van der Waals surface area contributed by atoms with Crippen molar-refractivity contribution in [1.29, 1.82) is 0 Å². The number of nitrogens with zero attached hydrogens (tertiary/aromatic N) is 2. The van der Waals surface area contributed by atoms with Crippen LogP contribution in [0, 0.1) is 5.82 Å². The highest BCUT2D eigenvalue weighted by Crippen LogP contribution is 2.22. The number of halogens is 1. The van der Waals surface area contributed by atoms with Crippen molar-refractivity contribution in [2.24, 2.45) is 7.05 Å². The molecule has 0 amide bonds. The van der Waals surface area contributed by atoms with Crippen LogP contribution in [0.1, 0.15) is 12.0 Å². The molecule has 20 heavy (non-hydrogen) atoms. The third-order valence-electron chi connectivity index (χ3n) is 4.16. The fourth-order valence-electron chi connectivity index (χ4n) is 3.07. The van der Waals surface area contributed by atoms with Gasteiger partial charge in [0.1, 0.15) is 5.82 Å². The van der Waals surface area contributed by atoms with Gasteiger partial charge >= 0.3 is 0 Å². The Morgan fingerprint density at radius 1 is 1.25 bits per heavy atom. The normalized spacial score (nSPS) is 16.9. The van der Waals surface area contributed by atoms with Crippen LogP contribution in [0.2, 0.25) is 0 Å². The highest BCUT2D eigenvalue weighted by atomic mass is 19.1. The first-order valence-electron chi connectivity index (χ1n) is 7.40. The van der Waals surface area contributed by atoms with E-state index >= 15 is 0 Å². The number of hydrogen-bond donors (Lipinski definition) is 1. The van der Waals surface area contributed by atoms with Crippen molar-refractivity contribution in [2.45, 2.75) is 12.8 Å². The van der Waals surface area contributed by atoms with Crippen LogP contribution in [0.3, 0.4) is 0 Å². The molecule has 0 saturated carbocycles. The highest BCUT2D eigenvalue weighted by molar-refractivity contribution is 5.84. The molecule has 4 heteroatoms. The van der Waals surface area contributed by atoms with Gasteiger partial charge in [-0.15, -0.1) is 0 Å². The Labute approximate surface area is 119 Å². The zero-order chi connectivity index (χ0) is 13.9. The number of benzene rings is 1. The summed E-state index contributed by atoms with van der Waals surface area (Å²) in [5, 5.41) is 4.43. The summed E-state index contributed by atoms with van der Waals surface area (Å²) in [4.78, 5) is 2.50. The lowest BCUT2D eigenvalue weighted by Crippen LogP contribution is -2.43. The first-order chi connectivity index (χ1) is 9.74. The molecule has 0 aliphatic carbocycles. The molecule has 0 bridgehead atoms. The van der Waals surface area contributed by atoms with Gasteiger partial charge in [-0.2, -0.15) is 0 Å². The molecule has 0 unspecified atom stereocenters. The van der Waals surface area contributed by atoms with E-state index in [0.717, 1.165) is 56.5 Å². The predicted octanol–water partition coefficient (Wildman–Crippen LogP) is 2.16. The molecule has 2 aromatic rings. The quantitative estimate of drug-likeness (QED) is 0.922. The summed E-state index contributed by atoms with van der Waals surface area (Å²) in [6.07, 6.45) is 4.29. The monoisotopic (exact) mass is 275 g/mol. The number of aryl methyl sites for hydroxylation is 2. The van der Waals surface area contributed by atoms with Crippen molar-refractivity contribution in [1.82, 2.24) is 14.8 Å². The van der Waals surface area contributed by atoms with Crippen LogP contribution in [0.15, 0.2) is 24.4 Å². The zero-order valence-corrected chi connectivity index (χ0v) is 12.0. The summed E-state index contributed by atoms with van der Waals surface area (Å²) in [7, 11) is 2.03. The van der Waals surface area contributed by atoms with Crippen LogP contribution in [-0.2, 0) is 13.5 Å². The number of piperazine rings is 1. The molecule has 2 heterocycles. The number of hydrogen-bond acceptors (Lipinski definition) is 2. The second kappa shape index (κ2) is 5.94. The molecule has 1 aromatic carbocycles. The van der Waals surface area contributed by atoms with Gasteiger partial charge in [-0.25, -0.2) is 4.39 Å². The zero-order valence-electron chi connectivity index (χ0n) is 12.0. The molecule has 1 N–H and O–H groups in total. The smallest absolute Gasteiger partial charge is 0.123 e. The van der Waals surface area contributed by atoms with E-state index in [1.807, 2.05) is 13.1 Å². The van der Waals surface area contributed by atoms with Gasteiger partial charge in [0, 0.05) is 50.3 Å². The minimum atomic E-state index is -0.146. The van der Waals surface area contributed by atoms with Gasteiger partial charge in [0.15, 0.2) is 0 Å². The number of fused-ring (bicyclic) bond motifs is 1. The van der Waals surface area contributed by atoms with Gasteiger partial charge in [-0.05, 0) is 43.1 Å². The Morgan fingerprint density at radius 2 is 2.05 bits per heavy atom. The van der Waals surface area contributed by atoms with Gasteiger partial charge in [-0.3, -0.25) is 0 Å². The van der Waals surface area contributed by atoms with Crippen LogP contribution >= 0.6 is 0 Å². The third-order valence-corrected chi connectivity index (χ3v) is 4.16. The Morgan fingerprint density at radius 3 is 2.85 bits per heavy atom. The van der Waals surface area contributed by atoms with Crippen LogP contribution in [0.5, 0.6) is 0 Å². The summed E-state index contributed by atoms with van der Waals surface area (Å²) in [5.41, 5.74) is 2.38. The van der Waals surface area contributed by atoms with E-state index in [1.165, 1.54) is 11.6 Å². The van der Waals surface area contributed by atoms with Gasteiger partial charge in [0.2, 0.25) is 0 Å². The summed E-state index contributed by atoms with van der Waals surface area (Å²) < 4.78 is 15.5. The molecule has 0 spiro atoms. The second-order valence-electron chi connectivity index (χ2n) is 5.62. The van der Waals surface area contributed by atoms with Crippen molar-refractivity contribution in [3.8, 4) is 0 Å². The fourth-order valence-corrected chi connectivity index (χ4v) is 3.07. The molecule has 1 aliphatic heterocycles. The van der Waals surface area contributed by atoms with E-state index in [1.54, 1.807) is 6.07 Å². The van der Waals surface area contributed by atoms with Crippen molar-refractivity contribution in [3.63, 3.8) is 0 Å². The predicted molar refractivity (Wildman–Crippen MR) is 80.5 cm³/mol. The molecule has 1 aromatic heterocycles. The summed E-state index contributed by atoms with van der Waals surface area (Å²) >= 11 is 0. The molecule has 1 saturated heterocycles. The van der Waals surface area contributed by atoms with E-state index in [9.17, 15) is 4.39 Å². The average molecular weight is 275 g/mol. The van der Waals surface area contributed by atoms with Crippen LogP contribution in [0.4, 0.5) is 4.39 Å². The Hall–Kier alpha value is -1.39. The summed E-state index contributed by atoms with van der Waals surface area (Å²) in [6.45, 7) is 5.61. The van der Waals surface area contributed by atoms with Gasteiger partial charge in [0.25, 0.3) is 0 Å². The molecule has 3 rings (SSSR count). The molecule has 0 radical (unpaired) electrons. The van der Waals surface area contributed by atoms with Crippen LogP contribution < -0.4 is 5.32 Å². The third kappa shape index (κ3) is 2.86. The minimum Gasteiger partial charge on any atom is -0.350 e. The van der Waals surface area contributed by atoms with E-state index in [4.69, 9.17) is 0 Å². The second-order valence-corrected chi connectivity index (χ2v) is 5.62. The van der Waals surface area contributed by atoms with Gasteiger partial charge < -0.3 is 14.8 Å². The Balaban J connectivity index is 1.66. The summed E-state index contributed by atoms with van der Waals surface area (Å²) in [5.74, 6) is -0.146. The van der Waals surface area contributed by atoms with Gasteiger partial charge in [0.05, 0.1) is 0 Å². The average Bonchev–Trinajstić information content (AvgIpc) is 2.76. The molecule has 3 nitrogen and oxygen atoms in total. The maximum atomic E-state index is 13.4. The Kier molecular flexibility index (Phi) is 4.03. The topological polar surface area (TPSA) is 20.2 Å².